The number of hydrogen-bond donors (Lipinski definition) is 1. The number of methoxy groups -OCH3 is 1. The fourth-order valence-electron chi connectivity index (χ4n) is 3.25. The van der Waals surface area contributed by atoms with Gasteiger partial charge in [0.05, 0.1) is 12.6 Å². The minimum Gasteiger partial charge on any atom is -0.497 e. The van der Waals surface area contributed by atoms with Gasteiger partial charge >= 0.3 is 0 Å². The Bertz CT molecular complexity index is 870. The van der Waals surface area contributed by atoms with Crippen LogP contribution in [0, 0.1) is 6.92 Å². The predicted molar refractivity (Wildman–Crippen MR) is 82.5 cm³/mol. The maximum atomic E-state index is 10.6. The third-order valence-corrected chi connectivity index (χ3v) is 4.22. The number of aliphatic hydroxyl groups is 1. The second kappa shape index (κ2) is 4.30. The van der Waals surface area contributed by atoms with E-state index in [1.807, 2.05) is 43.3 Å². The van der Waals surface area contributed by atoms with E-state index in [1.54, 1.807) is 7.11 Å². The Kier molecular flexibility index (Phi) is 2.53. The van der Waals surface area contributed by atoms with Gasteiger partial charge in [-0.05, 0) is 35.7 Å². The van der Waals surface area contributed by atoms with E-state index in [0.29, 0.717) is 0 Å². The maximum Gasteiger partial charge on any atom is 0.121 e. The lowest BCUT2D eigenvalue weighted by molar-refractivity contribution is 0.224. The molecule has 104 valence electrons. The summed E-state index contributed by atoms with van der Waals surface area (Å²) in [6.45, 7) is 1.95. The van der Waals surface area contributed by atoms with Crippen molar-refractivity contribution in [1.29, 1.82) is 0 Å². The minimum absolute atomic E-state index is 0.588. The number of nitrogens with zero attached hydrogens (tertiary/aromatic N) is 1. The van der Waals surface area contributed by atoms with Crippen LogP contribution in [0.25, 0.3) is 22.0 Å². The molecule has 1 aliphatic carbocycles. The van der Waals surface area contributed by atoms with E-state index in [2.05, 4.69) is 11.1 Å². The van der Waals surface area contributed by atoms with Gasteiger partial charge in [-0.15, -0.1) is 0 Å². The third kappa shape index (κ3) is 1.61. The van der Waals surface area contributed by atoms with Crippen molar-refractivity contribution in [1.82, 2.24) is 4.98 Å². The standard InChI is InChI=1S/C18H15NO2/c1-10-16-17(12-5-3-4-6-13(12)18(16)20)14-8-7-11(21-2)9-15(14)19-10/h3-9,18,20H,1-2H3. The van der Waals surface area contributed by atoms with Crippen LogP contribution in [0.3, 0.4) is 0 Å². The molecule has 0 aliphatic heterocycles. The zero-order valence-corrected chi connectivity index (χ0v) is 11.9. The van der Waals surface area contributed by atoms with E-state index in [9.17, 15) is 5.11 Å². The molecule has 3 aromatic rings. The van der Waals surface area contributed by atoms with Crippen molar-refractivity contribution in [2.75, 3.05) is 7.11 Å². The lowest BCUT2D eigenvalue weighted by Gasteiger charge is -2.11. The Labute approximate surface area is 122 Å². The number of fused-ring (bicyclic) bond motifs is 5. The van der Waals surface area contributed by atoms with Crippen molar-refractivity contribution in [3.8, 4) is 16.9 Å². The first kappa shape index (κ1) is 12.4. The van der Waals surface area contributed by atoms with Gasteiger partial charge in [0.15, 0.2) is 0 Å². The van der Waals surface area contributed by atoms with Gasteiger partial charge in [-0.1, -0.05) is 24.3 Å². The molecule has 3 nitrogen and oxygen atoms in total. The normalized spacial score (nSPS) is 15.9. The highest BCUT2D eigenvalue weighted by Gasteiger charge is 2.30. The van der Waals surface area contributed by atoms with Crippen LogP contribution in [0.15, 0.2) is 42.5 Å². The molecule has 0 bridgehead atoms. The molecule has 0 saturated carbocycles. The van der Waals surface area contributed by atoms with Crippen LogP contribution < -0.4 is 4.74 Å². The summed E-state index contributed by atoms with van der Waals surface area (Å²) in [5.74, 6) is 0.793. The lowest BCUT2D eigenvalue weighted by atomic mass is 9.99. The largest absolute Gasteiger partial charge is 0.497 e. The highest BCUT2D eigenvalue weighted by atomic mass is 16.5. The number of benzene rings is 2. The van der Waals surface area contributed by atoms with Gasteiger partial charge in [-0.25, -0.2) is 0 Å². The fraction of sp³-hybridized carbons (Fsp3) is 0.167. The third-order valence-electron chi connectivity index (χ3n) is 4.22. The Hall–Kier alpha value is -2.39. The zero-order valence-electron chi connectivity index (χ0n) is 11.9. The smallest absolute Gasteiger partial charge is 0.121 e. The highest BCUT2D eigenvalue weighted by Crippen LogP contribution is 2.47. The average Bonchev–Trinajstić information content (AvgIpc) is 2.81. The summed E-state index contributed by atoms with van der Waals surface area (Å²) in [5, 5.41) is 11.7. The molecule has 1 atom stereocenters. The SMILES string of the molecule is COc1ccc2c3c(c(C)nc2c1)C(O)c1ccccc1-3. The van der Waals surface area contributed by atoms with Gasteiger partial charge in [-0.2, -0.15) is 0 Å². The van der Waals surface area contributed by atoms with E-state index in [-0.39, 0.29) is 0 Å². The fourth-order valence-corrected chi connectivity index (χ4v) is 3.25. The molecule has 1 heterocycles. The topological polar surface area (TPSA) is 42.4 Å². The molecule has 2 aromatic carbocycles. The first-order chi connectivity index (χ1) is 10.2. The van der Waals surface area contributed by atoms with Gasteiger partial charge < -0.3 is 9.84 Å². The van der Waals surface area contributed by atoms with Crippen molar-refractivity contribution in [2.45, 2.75) is 13.0 Å². The Balaban J connectivity index is 2.14. The van der Waals surface area contributed by atoms with Crippen LogP contribution in [0.2, 0.25) is 0 Å². The van der Waals surface area contributed by atoms with Crippen molar-refractivity contribution in [2.24, 2.45) is 0 Å². The summed E-state index contributed by atoms with van der Waals surface area (Å²) in [4.78, 5) is 4.65. The van der Waals surface area contributed by atoms with Crippen LogP contribution in [0.5, 0.6) is 5.75 Å². The summed E-state index contributed by atoms with van der Waals surface area (Å²) < 4.78 is 5.28. The van der Waals surface area contributed by atoms with Crippen LogP contribution in [0.1, 0.15) is 22.9 Å². The van der Waals surface area contributed by atoms with Gasteiger partial charge in [-0.3, -0.25) is 4.98 Å². The number of pyridine rings is 1. The van der Waals surface area contributed by atoms with Crippen LogP contribution >= 0.6 is 0 Å². The number of hydrogen-bond acceptors (Lipinski definition) is 3. The van der Waals surface area contributed by atoms with E-state index in [4.69, 9.17) is 4.74 Å². The zero-order chi connectivity index (χ0) is 14.6. The molecule has 1 aromatic heterocycles. The number of aliphatic hydroxyl groups excluding tert-OH is 1. The van der Waals surface area contributed by atoms with Gasteiger partial charge in [0.2, 0.25) is 0 Å². The quantitative estimate of drug-likeness (QED) is 0.738. The lowest BCUT2D eigenvalue weighted by Crippen LogP contribution is -1.99. The molecule has 0 saturated heterocycles. The minimum atomic E-state index is -0.588. The molecular weight excluding hydrogens is 262 g/mol. The number of aryl methyl sites for hydroxylation is 1. The Morgan fingerprint density at radius 2 is 1.95 bits per heavy atom. The number of ether oxygens (including phenoxy) is 1. The first-order valence-corrected chi connectivity index (χ1v) is 6.96. The first-order valence-electron chi connectivity index (χ1n) is 6.96. The Morgan fingerprint density at radius 1 is 1.14 bits per heavy atom. The van der Waals surface area contributed by atoms with Gasteiger partial charge in [0.1, 0.15) is 11.9 Å². The van der Waals surface area contributed by atoms with Gasteiger partial charge in [0.25, 0.3) is 0 Å². The van der Waals surface area contributed by atoms with E-state index in [1.165, 1.54) is 0 Å². The molecular formula is C18H15NO2. The molecule has 3 heteroatoms. The van der Waals surface area contributed by atoms with E-state index in [0.717, 1.165) is 44.6 Å². The molecule has 0 radical (unpaired) electrons. The summed E-state index contributed by atoms with van der Waals surface area (Å²) in [6.07, 6.45) is -0.588. The monoisotopic (exact) mass is 277 g/mol. The van der Waals surface area contributed by atoms with Gasteiger partial charge in [0, 0.05) is 22.7 Å². The van der Waals surface area contributed by atoms with Crippen LogP contribution in [-0.2, 0) is 0 Å². The molecule has 0 fully saturated rings. The number of rotatable bonds is 1. The molecule has 0 amide bonds. The maximum absolute atomic E-state index is 10.6. The highest BCUT2D eigenvalue weighted by molar-refractivity contribution is 6.00. The van der Waals surface area contributed by atoms with Crippen LogP contribution in [-0.4, -0.2) is 17.2 Å². The molecule has 1 N–H and O–H groups in total. The summed E-state index contributed by atoms with van der Waals surface area (Å²) in [6, 6.07) is 13.9. The second-order valence-electron chi connectivity index (χ2n) is 5.36. The van der Waals surface area contributed by atoms with Crippen molar-refractivity contribution in [3.63, 3.8) is 0 Å². The number of aromatic nitrogens is 1. The predicted octanol–water partition coefficient (Wildman–Crippen LogP) is 3.61. The molecule has 1 aliphatic rings. The van der Waals surface area contributed by atoms with Crippen molar-refractivity contribution < 1.29 is 9.84 Å². The average molecular weight is 277 g/mol. The second-order valence-corrected chi connectivity index (χ2v) is 5.36. The summed E-state index contributed by atoms with van der Waals surface area (Å²) >= 11 is 0. The van der Waals surface area contributed by atoms with Crippen molar-refractivity contribution >= 4 is 10.9 Å². The summed E-state index contributed by atoms with van der Waals surface area (Å²) in [7, 11) is 1.65. The van der Waals surface area contributed by atoms with Crippen LogP contribution in [0.4, 0.5) is 0 Å². The van der Waals surface area contributed by atoms with E-state index < -0.39 is 6.10 Å². The molecule has 1 unspecified atom stereocenters. The Morgan fingerprint density at radius 3 is 2.76 bits per heavy atom. The van der Waals surface area contributed by atoms with E-state index >= 15 is 0 Å². The molecule has 21 heavy (non-hydrogen) atoms. The molecule has 4 rings (SSSR count). The summed E-state index contributed by atoms with van der Waals surface area (Å²) in [5.41, 5.74) is 5.85. The van der Waals surface area contributed by atoms with Crippen molar-refractivity contribution in [3.05, 3.63) is 59.3 Å². The molecule has 0 spiro atoms.